The summed E-state index contributed by atoms with van der Waals surface area (Å²) in [6.07, 6.45) is 11.4. The minimum Gasteiger partial charge on any atom is -0.381 e. The zero-order valence-corrected chi connectivity index (χ0v) is 11.8. The van der Waals surface area contributed by atoms with Crippen LogP contribution in [0.5, 0.6) is 0 Å². The number of nitrogens with zero attached hydrogens (tertiary/aromatic N) is 1. The van der Waals surface area contributed by atoms with E-state index in [4.69, 9.17) is 4.74 Å². The summed E-state index contributed by atoms with van der Waals surface area (Å²) in [6.45, 7) is 3.71. The Morgan fingerprint density at radius 2 is 2.00 bits per heavy atom. The molecule has 2 unspecified atom stereocenters. The van der Waals surface area contributed by atoms with Gasteiger partial charge in [-0.3, -0.25) is 4.90 Å². The van der Waals surface area contributed by atoms with Crippen molar-refractivity contribution in [2.45, 2.75) is 69.1 Å². The average Bonchev–Trinajstić information content (AvgIpc) is 2.87. The molecule has 3 aliphatic rings. The molecule has 0 aromatic rings. The van der Waals surface area contributed by atoms with Crippen LogP contribution in [-0.2, 0) is 4.74 Å². The van der Waals surface area contributed by atoms with Gasteiger partial charge >= 0.3 is 0 Å². The van der Waals surface area contributed by atoms with Crippen molar-refractivity contribution in [1.29, 1.82) is 0 Å². The molecule has 0 amide bonds. The Kier molecular flexibility index (Phi) is 3.92. The normalized spacial score (nSPS) is 37.2. The zero-order chi connectivity index (χ0) is 12.4. The molecule has 0 bridgehead atoms. The summed E-state index contributed by atoms with van der Waals surface area (Å²) in [6, 6.07) is 0.781. The smallest absolute Gasteiger partial charge is 0.0586 e. The van der Waals surface area contributed by atoms with Crippen LogP contribution < -0.4 is 5.32 Å². The molecule has 1 aliphatic heterocycles. The summed E-state index contributed by atoms with van der Waals surface area (Å²) >= 11 is 0. The van der Waals surface area contributed by atoms with Gasteiger partial charge < -0.3 is 10.1 Å². The fraction of sp³-hybridized carbons (Fsp3) is 1.00. The molecule has 3 fully saturated rings. The minimum absolute atomic E-state index is 0.471. The van der Waals surface area contributed by atoms with Crippen LogP contribution in [0.2, 0.25) is 0 Å². The van der Waals surface area contributed by atoms with E-state index in [1.54, 1.807) is 0 Å². The molecule has 1 heterocycles. The monoisotopic (exact) mass is 252 g/mol. The average molecular weight is 252 g/mol. The third kappa shape index (κ3) is 2.59. The Morgan fingerprint density at radius 3 is 2.78 bits per heavy atom. The van der Waals surface area contributed by atoms with E-state index >= 15 is 0 Å². The second-order valence-corrected chi connectivity index (χ2v) is 6.56. The first-order valence-corrected chi connectivity index (χ1v) is 7.83. The zero-order valence-electron chi connectivity index (χ0n) is 11.8. The number of rotatable bonds is 2. The van der Waals surface area contributed by atoms with Crippen molar-refractivity contribution < 1.29 is 4.74 Å². The van der Waals surface area contributed by atoms with Crippen molar-refractivity contribution in [2.75, 3.05) is 26.7 Å². The van der Waals surface area contributed by atoms with Gasteiger partial charge in [-0.1, -0.05) is 12.8 Å². The fourth-order valence-electron chi connectivity index (χ4n) is 4.35. The maximum absolute atomic E-state index is 5.59. The quantitative estimate of drug-likeness (QED) is 0.815. The Hall–Kier alpha value is -0.120. The molecule has 0 radical (unpaired) electrons. The van der Waals surface area contributed by atoms with Crippen molar-refractivity contribution in [2.24, 2.45) is 0 Å². The van der Waals surface area contributed by atoms with Gasteiger partial charge in [-0.05, 0) is 38.5 Å². The van der Waals surface area contributed by atoms with Crippen molar-refractivity contribution in [3.8, 4) is 0 Å². The van der Waals surface area contributed by atoms with Crippen LogP contribution in [-0.4, -0.2) is 49.3 Å². The Morgan fingerprint density at radius 1 is 1.17 bits per heavy atom. The highest BCUT2D eigenvalue weighted by atomic mass is 16.5. The van der Waals surface area contributed by atoms with E-state index in [0.717, 1.165) is 6.04 Å². The van der Waals surface area contributed by atoms with Crippen LogP contribution in [0.4, 0.5) is 0 Å². The lowest BCUT2D eigenvalue weighted by Gasteiger charge is -2.46. The van der Waals surface area contributed by atoms with Gasteiger partial charge in [0.2, 0.25) is 0 Å². The SMILES string of the molecule is COC1CCCC(N2CCNC3(CCCC3)C2)C1. The molecule has 2 aliphatic carbocycles. The standard InChI is InChI=1S/C15H28N2O/c1-18-14-6-4-5-13(11-14)17-10-9-16-15(12-17)7-2-3-8-15/h13-14,16H,2-12H2,1H3. The van der Waals surface area contributed by atoms with E-state index in [1.807, 2.05) is 7.11 Å². The topological polar surface area (TPSA) is 24.5 Å². The highest BCUT2D eigenvalue weighted by Crippen LogP contribution is 2.34. The molecular formula is C15H28N2O. The Bertz CT molecular complexity index is 276. The Balaban J connectivity index is 1.61. The lowest BCUT2D eigenvalue weighted by Crippen LogP contribution is -2.61. The molecular weight excluding hydrogens is 224 g/mol. The second-order valence-electron chi connectivity index (χ2n) is 6.56. The molecule has 0 aromatic heterocycles. The molecule has 3 rings (SSSR count). The summed E-state index contributed by atoms with van der Waals surface area (Å²) in [4.78, 5) is 2.77. The van der Waals surface area contributed by atoms with E-state index < -0.39 is 0 Å². The minimum atomic E-state index is 0.471. The molecule has 1 saturated heterocycles. The second kappa shape index (κ2) is 5.48. The summed E-state index contributed by atoms with van der Waals surface area (Å²) < 4.78 is 5.59. The van der Waals surface area contributed by atoms with Gasteiger partial charge in [-0.2, -0.15) is 0 Å². The van der Waals surface area contributed by atoms with E-state index in [9.17, 15) is 0 Å². The molecule has 18 heavy (non-hydrogen) atoms. The van der Waals surface area contributed by atoms with Gasteiger partial charge in [0.25, 0.3) is 0 Å². The molecule has 3 heteroatoms. The van der Waals surface area contributed by atoms with Gasteiger partial charge in [0.15, 0.2) is 0 Å². The maximum Gasteiger partial charge on any atom is 0.0586 e. The highest BCUT2D eigenvalue weighted by Gasteiger charge is 2.40. The fourth-order valence-corrected chi connectivity index (χ4v) is 4.35. The van der Waals surface area contributed by atoms with Gasteiger partial charge in [0, 0.05) is 38.3 Å². The number of methoxy groups -OCH3 is 1. The van der Waals surface area contributed by atoms with E-state index in [2.05, 4.69) is 10.2 Å². The van der Waals surface area contributed by atoms with Gasteiger partial charge in [0.1, 0.15) is 0 Å². The number of nitrogens with one attached hydrogen (secondary N) is 1. The van der Waals surface area contributed by atoms with E-state index in [1.165, 1.54) is 71.0 Å². The van der Waals surface area contributed by atoms with Crippen LogP contribution in [0.3, 0.4) is 0 Å². The van der Waals surface area contributed by atoms with Crippen molar-refractivity contribution in [1.82, 2.24) is 10.2 Å². The lowest BCUT2D eigenvalue weighted by atomic mass is 9.88. The first-order chi connectivity index (χ1) is 8.81. The van der Waals surface area contributed by atoms with Crippen LogP contribution >= 0.6 is 0 Å². The van der Waals surface area contributed by atoms with Crippen LogP contribution in [0.15, 0.2) is 0 Å². The van der Waals surface area contributed by atoms with Crippen LogP contribution in [0.1, 0.15) is 51.4 Å². The third-order valence-corrected chi connectivity index (χ3v) is 5.41. The predicted octanol–water partition coefficient (Wildman–Crippen LogP) is 2.16. The predicted molar refractivity (Wildman–Crippen MR) is 73.8 cm³/mol. The maximum atomic E-state index is 5.59. The van der Waals surface area contributed by atoms with Gasteiger partial charge in [-0.15, -0.1) is 0 Å². The van der Waals surface area contributed by atoms with Gasteiger partial charge in [0.05, 0.1) is 6.10 Å². The first-order valence-electron chi connectivity index (χ1n) is 7.83. The van der Waals surface area contributed by atoms with Crippen molar-refractivity contribution in [3.05, 3.63) is 0 Å². The Labute approximate surface area is 111 Å². The number of hydrogen-bond acceptors (Lipinski definition) is 3. The molecule has 2 saturated carbocycles. The number of hydrogen-bond donors (Lipinski definition) is 1. The van der Waals surface area contributed by atoms with Crippen molar-refractivity contribution >= 4 is 0 Å². The van der Waals surface area contributed by atoms with Crippen LogP contribution in [0, 0.1) is 0 Å². The molecule has 0 aromatic carbocycles. The number of ether oxygens (including phenoxy) is 1. The first kappa shape index (κ1) is 12.9. The molecule has 1 N–H and O–H groups in total. The number of piperazine rings is 1. The van der Waals surface area contributed by atoms with E-state index in [0.29, 0.717) is 11.6 Å². The molecule has 1 spiro atoms. The highest BCUT2D eigenvalue weighted by molar-refractivity contribution is 5.00. The van der Waals surface area contributed by atoms with E-state index in [-0.39, 0.29) is 0 Å². The van der Waals surface area contributed by atoms with Crippen molar-refractivity contribution in [3.63, 3.8) is 0 Å². The summed E-state index contributed by atoms with van der Waals surface area (Å²) in [5.74, 6) is 0. The third-order valence-electron chi connectivity index (χ3n) is 5.41. The largest absolute Gasteiger partial charge is 0.381 e. The molecule has 3 nitrogen and oxygen atoms in total. The molecule has 2 atom stereocenters. The summed E-state index contributed by atoms with van der Waals surface area (Å²) in [5, 5.41) is 3.82. The summed E-state index contributed by atoms with van der Waals surface area (Å²) in [5.41, 5.74) is 0.471. The lowest BCUT2D eigenvalue weighted by molar-refractivity contribution is 0.00898. The summed E-state index contributed by atoms with van der Waals surface area (Å²) in [7, 11) is 1.88. The van der Waals surface area contributed by atoms with Gasteiger partial charge in [-0.25, -0.2) is 0 Å². The van der Waals surface area contributed by atoms with Crippen LogP contribution in [0.25, 0.3) is 0 Å². The molecule has 104 valence electrons.